The van der Waals surface area contributed by atoms with Gasteiger partial charge in [-0.3, -0.25) is 10.1 Å². The van der Waals surface area contributed by atoms with Gasteiger partial charge in [-0.25, -0.2) is 4.79 Å². The molecule has 0 unspecified atom stereocenters. The molecule has 0 saturated heterocycles. The minimum absolute atomic E-state index is 0.0336. The maximum atomic E-state index is 11.3. The zero-order chi connectivity index (χ0) is 19.9. The molecule has 0 atom stereocenters. The summed E-state index contributed by atoms with van der Waals surface area (Å²) in [5, 5.41) is 20.0. The van der Waals surface area contributed by atoms with Gasteiger partial charge in [0.15, 0.2) is 5.75 Å². The Hall–Kier alpha value is -3.15. The van der Waals surface area contributed by atoms with Gasteiger partial charge in [-0.2, -0.15) is 0 Å². The Morgan fingerprint density at radius 3 is 2.42 bits per heavy atom. The zero-order valence-electron chi connectivity index (χ0n) is 15.6. The third-order valence-electron chi connectivity index (χ3n) is 3.75. The molecule has 0 heterocycles. The van der Waals surface area contributed by atoms with Crippen molar-refractivity contribution in [2.75, 3.05) is 7.11 Å². The van der Waals surface area contributed by atoms with Gasteiger partial charge in [0.1, 0.15) is 0 Å². The number of nitro benzene ring substituents is 1. The largest absolute Gasteiger partial charge is 0.490 e. The lowest BCUT2D eigenvalue weighted by Crippen LogP contribution is -2.00. The van der Waals surface area contributed by atoms with Gasteiger partial charge in [-0.15, -0.1) is 0 Å². The van der Waals surface area contributed by atoms with Crippen LogP contribution >= 0.6 is 0 Å². The van der Waals surface area contributed by atoms with Crippen molar-refractivity contribution in [2.45, 2.75) is 27.7 Å². The summed E-state index contributed by atoms with van der Waals surface area (Å²) in [6.07, 6.45) is 10.1. The molecule has 0 aliphatic rings. The lowest BCUT2D eigenvalue weighted by molar-refractivity contribution is -0.386. The van der Waals surface area contributed by atoms with Gasteiger partial charge in [0.25, 0.3) is 0 Å². The van der Waals surface area contributed by atoms with E-state index in [0.717, 1.165) is 22.8 Å². The molecular formula is C20H23NO5. The van der Waals surface area contributed by atoms with Gasteiger partial charge in [-0.05, 0) is 50.5 Å². The summed E-state index contributed by atoms with van der Waals surface area (Å²) < 4.78 is 5.12. The second-order valence-electron chi connectivity index (χ2n) is 5.87. The molecule has 0 saturated carbocycles. The van der Waals surface area contributed by atoms with E-state index in [-0.39, 0.29) is 11.4 Å². The minimum Gasteiger partial charge on any atom is -0.490 e. The number of benzene rings is 1. The van der Waals surface area contributed by atoms with E-state index in [1.165, 1.54) is 7.11 Å². The van der Waals surface area contributed by atoms with E-state index < -0.39 is 10.9 Å². The highest BCUT2D eigenvalue weighted by Gasteiger charge is 2.21. The molecule has 1 aromatic carbocycles. The summed E-state index contributed by atoms with van der Waals surface area (Å²) >= 11 is 0. The van der Waals surface area contributed by atoms with Crippen molar-refractivity contribution < 1.29 is 19.6 Å². The molecule has 6 heteroatoms. The fourth-order valence-corrected chi connectivity index (χ4v) is 2.45. The van der Waals surface area contributed by atoms with Gasteiger partial charge in [0.2, 0.25) is 0 Å². The van der Waals surface area contributed by atoms with Crippen LogP contribution in [0.1, 0.15) is 30.5 Å². The molecule has 6 nitrogen and oxygen atoms in total. The predicted octanol–water partition coefficient (Wildman–Crippen LogP) is 4.77. The van der Waals surface area contributed by atoms with Crippen LogP contribution in [0.15, 0.2) is 47.6 Å². The lowest BCUT2D eigenvalue weighted by Gasteiger charge is -2.10. The normalized spacial score (nSPS) is 12.8. The average Bonchev–Trinajstić information content (AvgIpc) is 2.52. The number of nitro groups is 1. The molecule has 1 rings (SSSR count). The van der Waals surface area contributed by atoms with Gasteiger partial charge < -0.3 is 9.84 Å². The monoisotopic (exact) mass is 357 g/mol. The van der Waals surface area contributed by atoms with Crippen LogP contribution in [0, 0.1) is 24.0 Å². The molecule has 0 aliphatic heterocycles. The molecule has 0 aliphatic carbocycles. The Morgan fingerprint density at radius 2 is 1.88 bits per heavy atom. The molecule has 0 fully saturated rings. The zero-order valence-corrected chi connectivity index (χ0v) is 15.6. The third kappa shape index (κ3) is 5.73. The van der Waals surface area contributed by atoms with E-state index in [4.69, 9.17) is 9.84 Å². The first-order valence-electron chi connectivity index (χ1n) is 7.94. The number of carbonyl (C=O) groups is 1. The number of allylic oxidation sites excluding steroid dienone is 6. The topological polar surface area (TPSA) is 89.7 Å². The van der Waals surface area contributed by atoms with Crippen molar-refractivity contribution in [3.63, 3.8) is 0 Å². The first-order chi connectivity index (χ1) is 12.2. The van der Waals surface area contributed by atoms with Crippen LogP contribution in [0.5, 0.6) is 5.75 Å². The highest BCUT2D eigenvalue weighted by atomic mass is 16.6. The summed E-state index contributed by atoms with van der Waals surface area (Å²) in [6, 6.07) is 1.66. The summed E-state index contributed by atoms with van der Waals surface area (Å²) in [7, 11) is 1.41. The van der Waals surface area contributed by atoms with Crippen LogP contribution in [0.2, 0.25) is 0 Å². The molecule has 138 valence electrons. The number of aryl methyl sites for hydroxylation is 1. The van der Waals surface area contributed by atoms with Crippen LogP contribution in [0.4, 0.5) is 5.69 Å². The minimum atomic E-state index is -0.986. The number of carboxylic acid groups (broad SMARTS) is 1. The number of methoxy groups -OCH3 is 1. The number of aliphatic carboxylic acids is 1. The Morgan fingerprint density at radius 1 is 1.23 bits per heavy atom. The fourth-order valence-electron chi connectivity index (χ4n) is 2.45. The third-order valence-corrected chi connectivity index (χ3v) is 3.75. The Bertz CT molecular complexity index is 829. The van der Waals surface area contributed by atoms with Crippen LogP contribution in [-0.4, -0.2) is 23.1 Å². The van der Waals surface area contributed by atoms with Crippen molar-refractivity contribution >= 4 is 17.7 Å². The maximum Gasteiger partial charge on any atom is 0.328 e. The van der Waals surface area contributed by atoms with E-state index >= 15 is 0 Å². The number of rotatable bonds is 7. The van der Waals surface area contributed by atoms with Gasteiger partial charge >= 0.3 is 11.7 Å². The van der Waals surface area contributed by atoms with Crippen molar-refractivity contribution in [3.05, 3.63) is 74.4 Å². The Kier molecular flexibility index (Phi) is 7.52. The van der Waals surface area contributed by atoms with E-state index in [1.807, 2.05) is 32.1 Å². The van der Waals surface area contributed by atoms with Gasteiger partial charge in [0.05, 0.1) is 12.0 Å². The van der Waals surface area contributed by atoms with E-state index in [1.54, 1.807) is 32.1 Å². The first-order valence-corrected chi connectivity index (χ1v) is 7.94. The van der Waals surface area contributed by atoms with Crippen molar-refractivity contribution in [3.8, 4) is 5.75 Å². The summed E-state index contributed by atoms with van der Waals surface area (Å²) in [6.45, 7) is 7.16. The second kappa shape index (κ2) is 9.36. The average molecular weight is 357 g/mol. The molecule has 0 spiro atoms. The molecule has 0 amide bonds. The van der Waals surface area contributed by atoms with E-state index in [0.29, 0.717) is 11.1 Å². The van der Waals surface area contributed by atoms with Crippen molar-refractivity contribution in [1.29, 1.82) is 0 Å². The maximum absolute atomic E-state index is 11.3. The summed E-state index contributed by atoms with van der Waals surface area (Å²) in [4.78, 5) is 21.4. The lowest BCUT2D eigenvalue weighted by atomic mass is 9.99. The second-order valence-corrected chi connectivity index (χ2v) is 5.87. The number of carboxylic acids is 1. The van der Waals surface area contributed by atoms with E-state index in [2.05, 4.69) is 0 Å². The number of hydrogen-bond acceptors (Lipinski definition) is 4. The molecule has 0 bridgehead atoms. The quantitative estimate of drug-likeness (QED) is 0.329. The molecule has 1 N–H and O–H groups in total. The van der Waals surface area contributed by atoms with Crippen LogP contribution < -0.4 is 4.74 Å². The van der Waals surface area contributed by atoms with Crippen LogP contribution in [0.3, 0.4) is 0 Å². The summed E-state index contributed by atoms with van der Waals surface area (Å²) in [5.74, 6) is -0.738. The molecular weight excluding hydrogens is 334 g/mol. The Balaban J connectivity index is 3.13. The first kappa shape index (κ1) is 20.9. The smallest absolute Gasteiger partial charge is 0.328 e. The summed E-state index contributed by atoms with van der Waals surface area (Å²) in [5.41, 5.74) is 3.71. The van der Waals surface area contributed by atoms with Crippen molar-refractivity contribution in [1.82, 2.24) is 0 Å². The fraction of sp³-hybridized carbons (Fsp3) is 0.250. The highest BCUT2D eigenvalue weighted by Crippen LogP contribution is 2.35. The molecule has 1 aromatic rings. The number of nitrogens with zero attached hydrogens (tertiary/aromatic N) is 1. The molecule has 0 radical (unpaired) electrons. The number of ether oxygens (including phenoxy) is 1. The standard InChI is InChI=1S/C20H23NO5/c1-13(7-6-8-14(2)11-19(22)23)9-10-17-15(3)12-18(26-5)20(16(17)4)21(24)25/h6-12H,1-5H3,(H,22,23)/b8-6+,10-9+,13-7+,14-11+. The van der Waals surface area contributed by atoms with Gasteiger partial charge in [0, 0.05) is 11.6 Å². The van der Waals surface area contributed by atoms with E-state index in [9.17, 15) is 14.9 Å². The molecule has 26 heavy (non-hydrogen) atoms. The molecule has 0 aromatic heterocycles. The van der Waals surface area contributed by atoms with Crippen molar-refractivity contribution in [2.24, 2.45) is 0 Å². The van der Waals surface area contributed by atoms with Crippen LogP contribution in [-0.2, 0) is 4.79 Å². The number of hydrogen-bond donors (Lipinski definition) is 1. The van der Waals surface area contributed by atoms with Crippen LogP contribution in [0.25, 0.3) is 6.08 Å². The predicted molar refractivity (Wildman–Crippen MR) is 102 cm³/mol. The van der Waals surface area contributed by atoms with Gasteiger partial charge in [-0.1, -0.05) is 36.0 Å². The highest BCUT2D eigenvalue weighted by molar-refractivity contribution is 5.81. The SMILES string of the molecule is COc1cc(C)c(/C=C/C(C)=C/C=C/C(C)=C/C(=O)O)c(C)c1[N+](=O)[O-]. The Labute approximate surface area is 153 Å².